The van der Waals surface area contributed by atoms with Crippen molar-refractivity contribution in [3.8, 4) is 0 Å². The summed E-state index contributed by atoms with van der Waals surface area (Å²) in [5, 5.41) is 2.87. The molecule has 0 saturated carbocycles. The molecule has 1 rings (SSSR count). The van der Waals surface area contributed by atoms with Gasteiger partial charge in [-0.05, 0) is 49.0 Å². The fourth-order valence-corrected chi connectivity index (χ4v) is 2.78. The molecule has 0 fully saturated rings. The van der Waals surface area contributed by atoms with Crippen molar-refractivity contribution in [2.45, 2.75) is 12.7 Å². The molecule has 0 amide bonds. The van der Waals surface area contributed by atoms with Crippen LogP contribution in [0.5, 0.6) is 0 Å². The number of benzene rings is 1. The minimum absolute atomic E-state index is 0.359. The fraction of sp³-hybridized carbons (Fsp3) is 0.105. The van der Waals surface area contributed by atoms with Crippen LogP contribution in [0.4, 0.5) is 5.69 Å². The summed E-state index contributed by atoms with van der Waals surface area (Å²) in [6.45, 7) is 9.11. The highest BCUT2D eigenvalue weighted by Crippen LogP contribution is 2.23. The zero-order valence-corrected chi connectivity index (χ0v) is 15.2. The van der Waals surface area contributed by atoms with Crippen molar-refractivity contribution in [1.82, 2.24) is 5.32 Å². The highest BCUT2D eigenvalue weighted by atomic mass is 32.2. The number of thioether (sulfide) groups is 1. The zero-order chi connectivity index (χ0) is 18.7. The Hall–Kier alpha value is -2.86. The molecule has 0 aliphatic rings. The van der Waals surface area contributed by atoms with Crippen molar-refractivity contribution in [2.24, 2.45) is 22.2 Å². The van der Waals surface area contributed by atoms with E-state index in [0.29, 0.717) is 11.7 Å². The number of allylic oxidation sites excluding steroid dienone is 4. The van der Waals surface area contributed by atoms with Crippen LogP contribution < -0.4 is 22.5 Å². The molecule has 25 heavy (non-hydrogen) atoms. The molecule has 6 heteroatoms. The molecule has 0 saturated heterocycles. The highest BCUT2D eigenvalue weighted by Gasteiger charge is 1.98. The van der Waals surface area contributed by atoms with Gasteiger partial charge in [0.1, 0.15) is 5.84 Å². The largest absolute Gasteiger partial charge is 0.405 e. The molecule has 0 aromatic heterocycles. The zero-order valence-electron chi connectivity index (χ0n) is 14.4. The van der Waals surface area contributed by atoms with Crippen molar-refractivity contribution in [1.29, 1.82) is 0 Å². The van der Waals surface area contributed by atoms with E-state index in [1.165, 1.54) is 11.8 Å². The van der Waals surface area contributed by atoms with Gasteiger partial charge in [-0.15, -0.1) is 11.8 Å². The number of nitrogens with zero attached hydrogens (tertiary/aromatic N) is 1. The molecular formula is C19H25N5S. The Kier molecular flexibility index (Phi) is 8.74. The molecule has 7 N–H and O–H groups in total. The summed E-state index contributed by atoms with van der Waals surface area (Å²) in [4.78, 5) is 5.40. The van der Waals surface area contributed by atoms with Gasteiger partial charge in [0.15, 0.2) is 0 Å². The van der Waals surface area contributed by atoms with E-state index in [1.54, 1.807) is 23.9 Å². The molecule has 132 valence electrons. The van der Waals surface area contributed by atoms with Crippen molar-refractivity contribution in [3.05, 3.63) is 89.9 Å². The van der Waals surface area contributed by atoms with Crippen LogP contribution in [0.2, 0.25) is 0 Å². The van der Waals surface area contributed by atoms with E-state index in [-0.39, 0.29) is 0 Å². The molecular weight excluding hydrogens is 330 g/mol. The first-order valence-corrected chi connectivity index (χ1v) is 8.59. The Morgan fingerprint density at radius 3 is 2.52 bits per heavy atom. The normalized spacial score (nSPS) is 13.1. The Morgan fingerprint density at radius 2 is 1.96 bits per heavy atom. The van der Waals surface area contributed by atoms with Gasteiger partial charge in [-0.25, -0.2) is 4.99 Å². The van der Waals surface area contributed by atoms with Crippen LogP contribution in [0.1, 0.15) is 12.5 Å². The topological polar surface area (TPSA) is 102 Å². The van der Waals surface area contributed by atoms with Crippen LogP contribution in [0.25, 0.3) is 0 Å². The summed E-state index contributed by atoms with van der Waals surface area (Å²) >= 11 is 1.68. The Morgan fingerprint density at radius 1 is 1.28 bits per heavy atom. The number of nitrogens with one attached hydrogen (secondary N) is 1. The van der Waals surface area contributed by atoms with Gasteiger partial charge in [-0.3, -0.25) is 0 Å². The van der Waals surface area contributed by atoms with Gasteiger partial charge in [0.25, 0.3) is 0 Å². The van der Waals surface area contributed by atoms with E-state index >= 15 is 0 Å². The predicted octanol–water partition coefficient (Wildman–Crippen LogP) is 3.37. The predicted molar refractivity (Wildman–Crippen MR) is 111 cm³/mol. The van der Waals surface area contributed by atoms with Crippen LogP contribution in [-0.2, 0) is 5.75 Å². The molecule has 0 unspecified atom stereocenters. The maximum Gasteiger partial charge on any atom is 0.125 e. The molecule has 1 aromatic rings. The first kappa shape index (κ1) is 20.2. The maximum atomic E-state index is 5.91. The van der Waals surface area contributed by atoms with E-state index in [1.807, 2.05) is 43.3 Å². The molecule has 0 heterocycles. The lowest BCUT2D eigenvalue weighted by Gasteiger charge is -2.05. The van der Waals surface area contributed by atoms with Crippen molar-refractivity contribution >= 4 is 23.3 Å². The molecule has 0 atom stereocenters. The lowest BCUT2D eigenvalue weighted by molar-refractivity contribution is 0.956. The van der Waals surface area contributed by atoms with Crippen LogP contribution >= 0.6 is 11.8 Å². The van der Waals surface area contributed by atoms with Crippen LogP contribution in [-0.4, -0.2) is 5.84 Å². The average molecular weight is 356 g/mol. The van der Waals surface area contributed by atoms with Crippen LogP contribution in [0, 0.1) is 0 Å². The number of hydrogen-bond donors (Lipinski definition) is 4. The summed E-state index contributed by atoms with van der Waals surface area (Å²) in [5.74, 6) is 1.57. The van der Waals surface area contributed by atoms with Crippen molar-refractivity contribution < 1.29 is 0 Å². The van der Waals surface area contributed by atoms with Gasteiger partial charge >= 0.3 is 0 Å². The molecule has 1 aromatic carbocycles. The molecule has 0 aliphatic carbocycles. The minimum Gasteiger partial charge on any atom is -0.405 e. The third-order valence-corrected chi connectivity index (χ3v) is 3.95. The quantitative estimate of drug-likeness (QED) is 0.309. The number of rotatable bonds is 9. The van der Waals surface area contributed by atoms with Gasteiger partial charge in [-0.1, -0.05) is 31.4 Å². The Labute approximate surface area is 153 Å². The highest BCUT2D eigenvalue weighted by molar-refractivity contribution is 8.02. The number of amidine groups is 1. The lowest BCUT2D eigenvalue weighted by atomic mass is 10.2. The van der Waals surface area contributed by atoms with E-state index in [2.05, 4.69) is 23.5 Å². The Balaban J connectivity index is 2.72. The summed E-state index contributed by atoms with van der Waals surface area (Å²) in [5.41, 5.74) is 19.6. The number of hydrogen-bond acceptors (Lipinski definition) is 5. The first-order valence-electron chi connectivity index (χ1n) is 7.61. The van der Waals surface area contributed by atoms with E-state index in [4.69, 9.17) is 17.2 Å². The summed E-state index contributed by atoms with van der Waals surface area (Å²) in [7, 11) is 0. The van der Waals surface area contributed by atoms with Gasteiger partial charge in [-0.2, -0.15) is 0 Å². The maximum absolute atomic E-state index is 5.91. The van der Waals surface area contributed by atoms with Gasteiger partial charge in [0, 0.05) is 16.4 Å². The molecule has 0 aliphatic heterocycles. The molecule has 0 bridgehead atoms. The molecule has 0 spiro atoms. The number of aliphatic imine (C=N–C) groups is 1. The van der Waals surface area contributed by atoms with E-state index in [0.717, 1.165) is 22.0 Å². The summed E-state index contributed by atoms with van der Waals surface area (Å²) < 4.78 is 0. The minimum atomic E-state index is 0.359. The third kappa shape index (κ3) is 8.53. The van der Waals surface area contributed by atoms with Gasteiger partial charge < -0.3 is 22.5 Å². The van der Waals surface area contributed by atoms with E-state index < -0.39 is 0 Å². The average Bonchev–Trinajstić information content (AvgIpc) is 2.53. The van der Waals surface area contributed by atoms with Crippen molar-refractivity contribution in [2.75, 3.05) is 0 Å². The van der Waals surface area contributed by atoms with E-state index in [9.17, 15) is 0 Å². The second-order valence-electron chi connectivity index (χ2n) is 5.13. The number of nitrogens with two attached hydrogens (primary N) is 3. The molecule has 5 nitrogen and oxygen atoms in total. The fourth-order valence-electron chi connectivity index (χ4n) is 1.89. The standard InChI is InChI=1S/C19H25N5S/c1-4-5-18(10-11-20)25-13-16-6-8-17(9-7-16)24-19(22)12-14(2)23-15(3)21/h4-12,23H,1,3,13,20-21H2,2H3,(H2,22,24)/b11-10-,14-12?,18-5+. The van der Waals surface area contributed by atoms with Crippen molar-refractivity contribution in [3.63, 3.8) is 0 Å². The monoisotopic (exact) mass is 355 g/mol. The lowest BCUT2D eigenvalue weighted by Crippen LogP contribution is -2.19. The third-order valence-electron chi connectivity index (χ3n) is 2.86. The van der Waals surface area contributed by atoms with Crippen LogP contribution in [0.15, 0.2) is 89.3 Å². The molecule has 0 radical (unpaired) electrons. The SMILES string of the molecule is C=C/C=C(\C=C/N)SCc1ccc(N=C(N)C=C(C)NC(=C)N)cc1. The van der Waals surface area contributed by atoms with Crippen LogP contribution in [0.3, 0.4) is 0 Å². The Bertz CT molecular complexity index is 712. The summed E-state index contributed by atoms with van der Waals surface area (Å²) in [6.07, 6.45) is 8.74. The second kappa shape index (κ2) is 10.8. The smallest absolute Gasteiger partial charge is 0.125 e. The second-order valence-corrected chi connectivity index (χ2v) is 6.18. The first-order chi connectivity index (χ1) is 11.9. The van der Waals surface area contributed by atoms with Gasteiger partial charge in [0.05, 0.1) is 11.5 Å². The van der Waals surface area contributed by atoms with Gasteiger partial charge in [0.2, 0.25) is 0 Å². The summed E-state index contributed by atoms with van der Waals surface area (Å²) in [6, 6.07) is 7.90.